The first-order valence-corrected chi connectivity index (χ1v) is 12.4. The SMILES string of the molecule is COc1cc([C@@H]2c3cc4c(cc3[C@@H](O)[C@H]3COC(=O)[C@H]23)OCO4)cc(OC)c1OC(=O)COc1ccccc1. The van der Waals surface area contributed by atoms with E-state index in [1.54, 1.807) is 48.5 Å². The Morgan fingerprint density at radius 3 is 2.28 bits per heavy atom. The summed E-state index contributed by atoms with van der Waals surface area (Å²) in [6.45, 7) is -0.154. The van der Waals surface area contributed by atoms with Gasteiger partial charge >= 0.3 is 11.9 Å². The van der Waals surface area contributed by atoms with Crippen LogP contribution in [0.25, 0.3) is 0 Å². The van der Waals surface area contributed by atoms with Crippen LogP contribution in [0.4, 0.5) is 0 Å². The van der Waals surface area contributed by atoms with Crippen molar-refractivity contribution in [3.8, 4) is 34.5 Å². The van der Waals surface area contributed by atoms with Gasteiger partial charge < -0.3 is 38.3 Å². The van der Waals surface area contributed by atoms with E-state index in [4.69, 9.17) is 33.2 Å². The lowest BCUT2D eigenvalue weighted by molar-refractivity contribution is -0.141. The van der Waals surface area contributed by atoms with Crippen molar-refractivity contribution in [3.05, 3.63) is 71.3 Å². The summed E-state index contributed by atoms with van der Waals surface area (Å²) in [7, 11) is 2.89. The number of aliphatic hydroxyl groups is 1. The van der Waals surface area contributed by atoms with Gasteiger partial charge in [0, 0.05) is 11.8 Å². The first-order valence-electron chi connectivity index (χ1n) is 12.4. The smallest absolute Gasteiger partial charge is 0.349 e. The highest BCUT2D eigenvalue weighted by atomic mass is 16.7. The summed E-state index contributed by atoms with van der Waals surface area (Å²) >= 11 is 0. The van der Waals surface area contributed by atoms with E-state index in [0.29, 0.717) is 33.9 Å². The minimum Gasteiger partial charge on any atom is -0.493 e. The Kier molecular flexibility index (Phi) is 6.40. The normalized spacial score (nSPS) is 22.4. The topological polar surface area (TPSA) is 119 Å². The van der Waals surface area contributed by atoms with Crippen LogP contribution in [-0.2, 0) is 14.3 Å². The molecule has 202 valence electrons. The van der Waals surface area contributed by atoms with Crippen molar-refractivity contribution in [1.29, 1.82) is 0 Å². The molecule has 0 aromatic heterocycles. The number of cyclic esters (lactones) is 1. The third kappa shape index (κ3) is 4.36. The summed E-state index contributed by atoms with van der Waals surface area (Å²) in [6.07, 6.45) is -0.921. The lowest BCUT2D eigenvalue weighted by atomic mass is 9.66. The molecule has 0 radical (unpaired) electrons. The molecule has 39 heavy (non-hydrogen) atoms. The predicted octanol–water partition coefficient (Wildman–Crippen LogP) is 3.39. The summed E-state index contributed by atoms with van der Waals surface area (Å²) in [5, 5.41) is 11.2. The van der Waals surface area contributed by atoms with E-state index in [1.807, 2.05) is 6.07 Å². The Balaban J connectivity index is 1.37. The zero-order chi connectivity index (χ0) is 27.1. The highest BCUT2D eigenvalue weighted by Crippen LogP contribution is 2.55. The standard InChI is InChI=1S/C29H26O10/c1-33-22-8-15(9-23(34-2)28(22)39-24(30)13-35-16-6-4-3-5-7-16)25-17-10-20-21(38-14-37-20)11-18(17)27(31)19-12-36-29(32)26(19)25/h3-11,19,25-27,31H,12-14H2,1-2H3/t19-,25+,26-,27+/m0/s1. The molecule has 4 atom stereocenters. The first-order chi connectivity index (χ1) is 19.0. The number of carbonyl (C=O) groups is 2. The summed E-state index contributed by atoms with van der Waals surface area (Å²) < 4.78 is 38.8. The summed E-state index contributed by atoms with van der Waals surface area (Å²) in [6, 6.07) is 15.8. The number of fused-ring (bicyclic) bond motifs is 3. The number of esters is 2. The number of methoxy groups -OCH3 is 2. The Bertz CT molecular complexity index is 1390. The second-order valence-corrected chi connectivity index (χ2v) is 9.41. The molecule has 1 saturated heterocycles. The van der Waals surface area contributed by atoms with Gasteiger partial charge in [-0.3, -0.25) is 4.79 Å². The molecule has 0 unspecified atom stereocenters. The average molecular weight is 535 g/mol. The number of hydrogen-bond acceptors (Lipinski definition) is 10. The van der Waals surface area contributed by atoms with Gasteiger partial charge in [0.2, 0.25) is 12.5 Å². The fraction of sp³-hybridized carbons (Fsp3) is 0.310. The van der Waals surface area contributed by atoms with Crippen LogP contribution in [0, 0.1) is 11.8 Å². The maximum Gasteiger partial charge on any atom is 0.349 e. The maximum absolute atomic E-state index is 13.0. The van der Waals surface area contributed by atoms with Crippen LogP contribution >= 0.6 is 0 Å². The van der Waals surface area contributed by atoms with E-state index >= 15 is 0 Å². The quantitative estimate of drug-likeness (QED) is 0.357. The van der Waals surface area contributed by atoms with E-state index in [2.05, 4.69) is 0 Å². The number of aliphatic hydroxyl groups excluding tert-OH is 1. The van der Waals surface area contributed by atoms with Crippen LogP contribution < -0.4 is 28.4 Å². The second-order valence-electron chi connectivity index (χ2n) is 9.41. The van der Waals surface area contributed by atoms with E-state index < -0.39 is 35.8 Å². The highest BCUT2D eigenvalue weighted by Gasteiger charge is 2.52. The largest absolute Gasteiger partial charge is 0.493 e. The summed E-state index contributed by atoms with van der Waals surface area (Å²) in [5.41, 5.74) is 2.00. The number of hydrogen-bond donors (Lipinski definition) is 1. The lowest BCUT2D eigenvalue weighted by Gasteiger charge is -2.37. The zero-order valence-corrected chi connectivity index (χ0v) is 21.2. The minimum absolute atomic E-state index is 0.0730. The van der Waals surface area contributed by atoms with Crippen molar-refractivity contribution in [2.24, 2.45) is 11.8 Å². The molecule has 0 amide bonds. The monoisotopic (exact) mass is 534 g/mol. The Hall–Kier alpha value is -4.44. The van der Waals surface area contributed by atoms with Gasteiger partial charge in [0.05, 0.1) is 32.8 Å². The molecular formula is C29H26O10. The molecule has 3 aromatic rings. The van der Waals surface area contributed by atoms with Crippen LogP contribution in [0.15, 0.2) is 54.6 Å². The number of rotatable bonds is 7. The molecule has 3 aliphatic rings. The van der Waals surface area contributed by atoms with Gasteiger partial charge in [-0.25, -0.2) is 4.79 Å². The molecule has 6 rings (SSSR count). The number of carbonyl (C=O) groups excluding carboxylic acids is 2. The summed E-state index contributed by atoms with van der Waals surface area (Å²) in [4.78, 5) is 25.6. The van der Waals surface area contributed by atoms with Crippen molar-refractivity contribution in [1.82, 2.24) is 0 Å². The molecule has 3 aromatic carbocycles. The highest BCUT2D eigenvalue weighted by molar-refractivity contribution is 5.79. The van der Waals surface area contributed by atoms with Gasteiger partial charge in [0.1, 0.15) is 5.75 Å². The first kappa shape index (κ1) is 24.9. The van der Waals surface area contributed by atoms with Crippen molar-refractivity contribution in [2.75, 3.05) is 34.2 Å². The molecular weight excluding hydrogens is 508 g/mol. The average Bonchev–Trinajstić information content (AvgIpc) is 3.58. The van der Waals surface area contributed by atoms with Gasteiger partial charge in [-0.1, -0.05) is 18.2 Å². The molecule has 0 bridgehead atoms. The molecule has 1 fully saturated rings. The molecule has 10 nitrogen and oxygen atoms in total. The predicted molar refractivity (Wildman–Crippen MR) is 134 cm³/mol. The van der Waals surface area contributed by atoms with Crippen LogP contribution in [0.1, 0.15) is 28.7 Å². The number of para-hydroxylation sites is 1. The fourth-order valence-corrected chi connectivity index (χ4v) is 5.52. The third-order valence-electron chi connectivity index (χ3n) is 7.31. The molecule has 1 N–H and O–H groups in total. The van der Waals surface area contributed by atoms with Crippen LogP contribution in [0.2, 0.25) is 0 Å². The Morgan fingerprint density at radius 2 is 1.62 bits per heavy atom. The Labute approximate surface area is 223 Å². The molecule has 0 spiro atoms. The van der Waals surface area contributed by atoms with Crippen LogP contribution in [-0.4, -0.2) is 51.3 Å². The van der Waals surface area contributed by atoms with Crippen LogP contribution in [0.5, 0.6) is 34.5 Å². The van der Waals surface area contributed by atoms with Gasteiger partial charge in [-0.2, -0.15) is 0 Å². The number of ether oxygens (including phenoxy) is 7. The van der Waals surface area contributed by atoms with Gasteiger partial charge in [-0.15, -0.1) is 0 Å². The molecule has 2 aliphatic heterocycles. The second kappa shape index (κ2) is 10.0. The zero-order valence-electron chi connectivity index (χ0n) is 21.2. The molecule has 2 heterocycles. The molecule has 0 saturated carbocycles. The van der Waals surface area contributed by atoms with Gasteiger partial charge in [0.25, 0.3) is 0 Å². The summed E-state index contributed by atoms with van der Waals surface area (Å²) in [5.74, 6) is -0.563. The number of benzene rings is 3. The van der Waals surface area contributed by atoms with Crippen LogP contribution in [0.3, 0.4) is 0 Å². The van der Waals surface area contributed by atoms with E-state index in [0.717, 1.165) is 0 Å². The van der Waals surface area contributed by atoms with E-state index in [1.165, 1.54) is 14.2 Å². The minimum atomic E-state index is -0.921. The van der Waals surface area contributed by atoms with Crippen molar-refractivity contribution in [3.63, 3.8) is 0 Å². The van der Waals surface area contributed by atoms with E-state index in [-0.39, 0.29) is 37.3 Å². The van der Waals surface area contributed by atoms with Gasteiger partial charge in [0.15, 0.2) is 29.6 Å². The third-order valence-corrected chi connectivity index (χ3v) is 7.31. The molecule has 10 heteroatoms. The fourth-order valence-electron chi connectivity index (χ4n) is 5.52. The lowest BCUT2D eigenvalue weighted by Crippen LogP contribution is -2.34. The van der Waals surface area contributed by atoms with Crippen molar-refractivity contribution in [2.45, 2.75) is 12.0 Å². The van der Waals surface area contributed by atoms with Gasteiger partial charge in [-0.05, 0) is 53.1 Å². The molecule has 1 aliphatic carbocycles. The van der Waals surface area contributed by atoms with Crippen molar-refractivity contribution >= 4 is 11.9 Å². The maximum atomic E-state index is 13.0. The van der Waals surface area contributed by atoms with E-state index in [9.17, 15) is 14.7 Å². The Morgan fingerprint density at radius 1 is 0.949 bits per heavy atom. The van der Waals surface area contributed by atoms with Crippen molar-refractivity contribution < 1.29 is 47.9 Å².